The van der Waals surface area contributed by atoms with Gasteiger partial charge in [0.2, 0.25) is 0 Å². The largest absolute Gasteiger partial charge is 0.305 e. The number of rotatable bonds is 2. The molecule has 2 N–H and O–H groups in total. The van der Waals surface area contributed by atoms with Crippen LogP contribution in [0.3, 0.4) is 0 Å². The Kier molecular flexibility index (Phi) is 3.13. The van der Waals surface area contributed by atoms with Crippen molar-refractivity contribution in [2.45, 2.75) is 6.92 Å². The maximum Gasteiger partial charge on any atom is 0.268 e. The molecule has 0 aromatic carbocycles. The molecule has 5 nitrogen and oxygen atoms in total. The molecule has 1 amide bonds. The van der Waals surface area contributed by atoms with Gasteiger partial charge < -0.3 is 5.32 Å². The zero-order chi connectivity index (χ0) is 12.4. The van der Waals surface area contributed by atoms with Crippen LogP contribution < -0.4 is 5.32 Å². The minimum Gasteiger partial charge on any atom is -0.305 e. The van der Waals surface area contributed by atoms with E-state index in [2.05, 4.69) is 15.5 Å². The summed E-state index contributed by atoms with van der Waals surface area (Å²) in [4.78, 5) is 12.3. The first-order chi connectivity index (χ1) is 8.13. The van der Waals surface area contributed by atoms with E-state index in [9.17, 15) is 4.79 Å². The Bertz CT molecular complexity index is 610. The van der Waals surface area contributed by atoms with Gasteiger partial charge in [0, 0.05) is 0 Å². The second-order valence-electron chi connectivity index (χ2n) is 3.29. The lowest BCUT2D eigenvalue weighted by Gasteiger charge is -2.01. The quantitative estimate of drug-likeness (QED) is 0.876. The fourth-order valence-electron chi connectivity index (χ4n) is 1.22. The Morgan fingerprint density at radius 2 is 2.47 bits per heavy atom. The Labute approximate surface area is 106 Å². The van der Waals surface area contributed by atoms with Crippen molar-refractivity contribution in [2.75, 3.05) is 5.32 Å². The van der Waals surface area contributed by atoms with E-state index >= 15 is 0 Å². The van der Waals surface area contributed by atoms with Crippen LogP contribution in [0, 0.1) is 18.3 Å². The van der Waals surface area contributed by atoms with Gasteiger partial charge in [-0.3, -0.25) is 9.89 Å². The average Bonchev–Trinajstić information content (AvgIpc) is 2.87. The first-order valence-corrected chi connectivity index (χ1v) is 5.87. The van der Waals surface area contributed by atoms with E-state index in [1.165, 1.54) is 17.5 Å². The molecular weight excluding hydrogens is 260 g/mol. The predicted octanol–water partition coefficient (Wildman–Crippen LogP) is 2.56. The molecule has 0 fully saturated rings. The molecule has 2 rings (SSSR count). The van der Waals surface area contributed by atoms with Crippen molar-refractivity contribution in [3.8, 4) is 6.07 Å². The number of carbonyl (C=O) groups excluding carboxylic acids is 1. The minimum atomic E-state index is -0.353. The van der Waals surface area contributed by atoms with Crippen molar-refractivity contribution in [1.29, 1.82) is 5.26 Å². The van der Waals surface area contributed by atoms with Gasteiger partial charge in [0.1, 0.15) is 22.3 Å². The van der Waals surface area contributed by atoms with Crippen LogP contribution in [0.15, 0.2) is 11.6 Å². The van der Waals surface area contributed by atoms with Crippen molar-refractivity contribution in [3.05, 3.63) is 32.6 Å². The van der Waals surface area contributed by atoms with Gasteiger partial charge >= 0.3 is 0 Å². The smallest absolute Gasteiger partial charge is 0.268 e. The molecule has 0 radical (unpaired) electrons. The number of nitriles is 1. The normalized spacial score (nSPS) is 9.94. The summed E-state index contributed by atoms with van der Waals surface area (Å²) < 4.78 is 0. The van der Waals surface area contributed by atoms with Crippen LogP contribution in [0.2, 0.25) is 5.02 Å². The van der Waals surface area contributed by atoms with Crippen LogP contribution in [0.1, 0.15) is 20.8 Å². The van der Waals surface area contributed by atoms with E-state index in [0.717, 1.165) is 5.56 Å². The molecule has 0 unspecified atom stereocenters. The number of hydrogen-bond acceptors (Lipinski definition) is 4. The molecule has 0 aliphatic rings. The van der Waals surface area contributed by atoms with Crippen LogP contribution in [-0.2, 0) is 0 Å². The highest BCUT2D eigenvalue weighted by molar-refractivity contribution is 7.13. The third kappa shape index (κ3) is 2.16. The highest BCUT2D eigenvalue weighted by Crippen LogP contribution is 2.27. The third-order valence-corrected chi connectivity index (χ3v) is 3.80. The molecule has 2 heterocycles. The van der Waals surface area contributed by atoms with E-state index in [-0.39, 0.29) is 17.3 Å². The molecule has 2 aromatic heterocycles. The molecule has 17 heavy (non-hydrogen) atoms. The number of nitrogens with zero attached hydrogens (tertiary/aromatic N) is 2. The van der Waals surface area contributed by atoms with Crippen LogP contribution in [0.25, 0.3) is 0 Å². The maximum atomic E-state index is 11.9. The predicted molar refractivity (Wildman–Crippen MR) is 65.3 cm³/mol. The lowest BCUT2D eigenvalue weighted by Crippen LogP contribution is -2.12. The summed E-state index contributed by atoms with van der Waals surface area (Å²) in [6.45, 7) is 1.83. The molecule has 0 spiro atoms. The molecule has 0 aliphatic carbocycles. The summed E-state index contributed by atoms with van der Waals surface area (Å²) in [5.41, 5.74) is 1.13. The number of aryl methyl sites for hydroxylation is 1. The monoisotopic (exact) mass is 266 g/mol. The van der Waals surface area contributed by atoms with Crippen molar-refractivity contribution in [3.63, 3.8) is 0 Å². The molecular formula is C10H7ClN4OS. The van der Waals surface area contributed by atoms with Gasteiger partial charge in [-0.05, 0) is 17.9 Å². The highest BCUT2D eigenvalue weighted by atomic mass is 35.5. The molecule has 0 bridgehead atoms. The molecule has 86 valence electrons. The summed E-state index contributed by atoms with van der Waals surface area (Å²) in [6.07, 6.45) is 1.34. The average molecular weight is 267 g/mol. The fraction of sp³-hybridized carbons (Fsp3) is 0.100. The van der Waals surface area contributed by atoms with Gasteiger partial charge in [0.15, 0.2) is 0 Å². The lowest BCUT2D eigenvalue weighted by molar-refractivity contribution is 0.103. The van der Waals surface area contributed by atoms with Crippen molar-refractivity contribution >= 4 is 34.7 Å². The maximum absolute atomic E-state index is 11.9. The second-order valence-corrected chi connectivity index (χ2v) is 4.54. The Hall–Kier alpha value is -1.84. The first kappa shape index (κ1) is 11.6. The summed E-state index contributed by atoms with van der Waals surface area (Å²) in [5.74, 6) is -0.0755. The topological polar surface area (TPSA) is 81.6 Å². The summed E-state index contributed by atoms with van der Waals surface area (Å²) in [5, 5.41) is 19.8. The number of aromatic nitrogens is 2. The van der Waals surface area contributed by atoms with Crippen LogP contribution >= 0.6 is 22.9 Å². The molecule has 0 saturated heterocycles. The number of aromatic amines is 1. The zero-order valence-corrected chi connectivity index (χ0v) is 10.3. The van der Waals surface area contributed by atoms with Gasteiger partial charge in [0.05, 0.1) is 11.2 Å². The van der Waals surface area contributed by atoms with Gasteiger partial charge in [-0.1, -0.05) is 11.6 Å². The number of carbonyl (C=O) groups is 1. The highest BCUT2D eigenvalue weighted by Gasteiger charge is 2.16. The molecule has 0 aliphatic heterocycles. The molecule has 0 atom stereocenters. The Morgan fingerprint density at radius 1 is 1.71 bits per heavy atom. The number of hydrogen-bond donors (Lipinski definition) is 2. The summed E-state index contributed by atoms with van der Waals surface area (Å²) in [7, 11) is 0. The Morgan fingerprint density at radius 3 is 3.06 bits per heavy atom. The van der Waals surface area contributed by atoms with E-state index in [1.807, 2.05) is 13.0 Å². The van der Waals surface area contributed by atoms with Crippen LogP contribution in [0.4, 0.5) is 5.82 Å². The SMILES string of the molecule is Cc1csc(C(=O)Nc2[nH]ncc2C#N)c1Cl. The fourth-order valence-corrected chi connectivity index (χ4v) is 2.39. The van der Waals surface area contributed by atoms with Crippen molar-refractivity contribution in [2.24, 2.45) is 0 Å². The summed E-state index contributed by atoms with van der Waals surface area (Å²) in [6, 6.07) is 1.91. The van der Waals surface area contributed by atoms with Gasteiger partial charge in [0.25, 0.3) is 5.91 Å². The van der Waals surface area contributed by atoms with E-state index in [1.54, 1.807) is 5.38 Å². The zero-order valence-electron chi connectivity index (χ0n) is 8.74. The number of amides is 1. The van der Waals surface area contributed by atoms with E-state index in [0.29, 0.717) is 9.90 Å². The lowest BCUT2D eigenvalue weighted by atomic mass is 10.3. The van der Waals surface area contributed by atoms with Crippen molar-refractivity contribution < 1.29 is 4.79 Å². The number of H-pyrrole nitrogens is 1. The minimum absolute atomic E-state index is 0.277. The third-order valence-electron chi connectivity index (χ3n) is 2.10. The van der Waals surface area contributed by atoms with E-state index in [4.69, 9.17) is 16.9 Å². The van der Waals surface area contributed by atoms with Gasteiger partial charge in [-0.15, -0.1) is 11.3 Å². The number of thiophene rings is 1. The number of anilines is 1. The van der Waals surface area contributed by atoms with E-state index < -0.39 is 0 Å². The van der Waals surface area contributed by atoms with Crippen LogP contribution in [-0.4, -0.2) is 16.1 Å². The van der Waals surface area contributed by atoms with Gasteiger partial charge in [-0.25, -0.2) is 0 Å². The van der Waals surface area contributed by atoms with Crippen LogP contribution in [0.5, 0.6) is 0 Å². The summed E-state index contributed by atoms with van der Waals surface area (Å²) >= 11 is 7.23. The Balaban J connectivity index is 2.24. The van der Waals surface area contributed by atoms with Crippen molar-refractivity contribution in [1.82, 2.24) is 10.2 Å². The first-order valence-electron chi connectivity index (χ1n) is 4.62. The standard InChI is InChI=1S/C10H7ClN4OS/c1-5-4-17-8(7(5)11)10(16)14-9-6(2-12)3-13-15-9/h3-4H,1H3,(H2,13,14,15,16). The second kappa shape index (κ2) is 4.57. The molecule has 0 saturated carbocycles. The van der Waals surface area contributed by atoms with Gasteiger partial charge in [-0.2, -0.15) is 10.4 Å². The number of halogens is 1. The number of nitrogens with one attached hydrogen (secondary N) is 2. The molecule has 7 heteroatoms. The molecule has 2 aromatic rings.